The minimum atomic E-state index is -2.82. The number of aryl methyl sites for hydroxylation is 1. The molecule has 0 radical (unpaired) electrons. The Morgan fingerprint density at radius 2 is 2.23 bits per heavy atom. The molecule has 0 N–H and O–H groups in total. The summed E-state index contributed by atoms with van der Waals surface area (Å²) < 4.78 is 33.5. The minimum Gasteiger partial charge on any atom is -0.490 e. The molecular formula is C14H12N4O4. The summed E-state index contributed by atoms with van der Waals surface area (Å²) in [7, 11) is -2.82. The van der Waals surface area contributed by atoms with Gasteiger partial charge in [0.15, 0.2) is 5.65 Å². The zero-order valence-electron chi connectivity index (χ0n) is 14.4. The molecule has 3 aromatic rings. The van der Waals surface area contributed by atoms with E-state index in [1.54, 1.807) is 29.8 Å². The summed E-state index contributed by atoms with van der Waals surface area (Å²) in [6.07, 6.45) is 3.02. The van der Waals surface area contributed by atoms with Crippen molar-refractivity contribution in [2.24, 2.45) is 0 Å². The number of nitro benzene ring substituents is 1. The third-order valence-electron chi connectivity index (χ3n) is 3.04. The Hall–Kier alpha value is -3.16. The summed E-state index contributed by atoms with van der Waals surface area (Å²) in [4.78, 5) is 14.5. The van der Waals surface area contributed by atoms with Crippen LogP contribution in [0, 0.1) is 17.0 Å². The molecule has 0 saturated heterocycles. The normalized spacial score (nSPS) is 13.2. The maximum absolute atomic E-state index is 11.1. The lowest BCUT2D eigenvalue weighted by atomic mass is 10.2. The van der Waals surface area contributed by atoms with Gasteiger partial charge in [0.2, 0.25) is 5.75 Å². The average Bonchev–Trinajstić information content (AvgIpc) is 2.96. The SMILES string of the molecule is [2H]C([2H])([2H])Oc1cc(Oc2ccn3ncnc3c2)c(C)cc1[N+](=O)[O-]. The molecule has 0 atom stereocenters. The van der Waals surface area contributed by atoms with Gasteiger partial charge in [-0.15, -0.1) is 0 Å². The Morgan fingerprint density at radius 1 is 1.36 bits per heavy atom. The van der Waals surface area contributed by atoms with Crippen molar-refractivity contribution < 1.29 is 18.5 Å². The molecule has 0 aliphatic heterocycles. The fourth-order valence-corrected chi connectivity index (χ4v) is 1.98. The highest BCUT2D eigenvalue weighted by Gasteiger charge is 2.18. The molecule has 0 spiro atoms. The van der Waals surface area contributed by atoms with E-state index in [-0.39, 0.29) is 5.75 Å². The van der Waals surface area contributed by atoms with Gasteiger partial charge in [0.05, 0.1) is 16.1 Å². The predicted octanol–water partition coefficient (Wildman–Crippen LogP) is 2.75. The van der Waals surface area contributed by atoms with E-state index in [0.717, 1.165) is 0 Å². The smallest absolute Gasteiger partial charge is 0.311 e. The molecule has 2 aromatic heterocycles. The molecule has 0 saturated carbocycles. The second-order valence-corrected chi connectivity index (χ2v) is 4.47. The van der Waals surface area contributed by atoms with Crippen LogP contribution in [0.15, 0.2) is 36.8 Å². The third kappa shape index (κ3) is 2.41. The fraction of sp³-hybridized carbons (Fsp3) is 0.143. The first-order chi connectivity index (χ1) is 11.7. The van der Waals surface area contributed by atoms with Gasteiger partial charge in [-0.2, -0.15) is 5.10 Å². The van der Waals surface area contributed by atoms with Crippen molar-refractivity contribution in [3.63, 3.8) is 0 Å². The monoisotopic (exact) mass is 303 g/mol. The second kappa shape index (κ2) is 5.32. The van der Waals surface area contributed by atoms with Crippen LogP contribution >= 0.6 is 0 Å². The third-order valence-corrected chi connectivity index (χ3v) is 3.04. The molecule has 0 aliphatic rings. The maximum Gasteiger partial charge on any atom is 0.311 e. The average molecular weight is 303 g/mol. The molecule has 0 unspecified atom stereocenters. The number of ether oxygens (including phenoxy) is 2. The lowest BCUT2D eigenvalue weighted by molar-refractivity contribution is -0.385. The molecule has 0 bridgehead atoms. The van der Waals surface area contributed by atoms with E-state index in [0.29, 0.717) is 17.0 Å². The van der Waals surface area contributed by atoms with Crippen LogP contribution in [0.3, 0.4) is 0 Å². The van der Waals surface area contributed by atoms with Gasteiger partial charge in [0.1, 0.15) is 17.8 Å². The number of nitrogens with zero attached hydrogens (tertiary/aromatic N) is 4. The Balaban J connectivity index is 1.99. The second-order valence-electron chi connectivity index (χ2n) is 4.47. The number of rotatable bonds is 4. The number of benzene rings is 1. The van der Waals surface area contributed by atoms with Crippen molar-refractivity contribution in [2.75, 3.05) is 7.04 Å². The van der Waals surface area contributed by atoms with E-state index in [9.17, 15) is 10.1 Å². The fourth-order valence-electron chi connectivity index (χ4n) is 1.98. The van der Waals surface area contributed by atoms with Crippen molar-refractivity contribution in [2.45, 2.75) is 6.92 Å². The molecular weight excluding hydrogens is 288 g/mol. The Kier molecular flexibility index (Phi) is 2.55. The number of methoxy groups -OCH3 is 1. The summed E-state index contributed by atoms with van der Waals surface area (Å²) in [5, 5.41) is 15.1. The Bertz CT molecular complexity index is 955. The van der Waals surface area contributed by atoms with Crippen LogP contribution < -0.4 is 9.47 Å². The largest absolute Gasteiger partial charge is 0.490 e. The first-order valence-corrected chi connectivity index (χ1v) is 6.18. The van der Waals surface area contributed by atoms with Gasteiger partial charge in [0.25, 0.3) is 0 Å². The van der Waals surface area contributed by atoms with Crippen molar-refractivity contribution >= 4 is 11.3 Å². The lowest BCUT2D eigenvalue weighted by Gasteiger charge is -2.11. The van der Waals surface area contributed by atoms with E-state index in [2.05, 4.69) is 10.1 Å². The number of hydrogen-bond donors (Lipinski definition) is 0. The molecule has 2 heterocycles. The summed E-state index contributed by atoms with van der Waals surface area (Å²) in [6, 6.07) is 5.64. The van der Waals surface area contributed by atoms with Crippen LogP contribution in [0.25, 0.3) is 5.65 Å². The molecule has 3 rings (SSSR count). The Morgan fingerprint density at radius 3 is 3.00 bits per heavy atom. The summed E-state index contributed by atoms with van der Waals surface area (Å²) in [6.45, 7) is 1.61. The van der Waals surface area contributed by atoms with E-state index >= 15 is 0 Å². The molecule has 0 amide bonds. The lowest BCUT2D eigenvalue weighted by Crippen LogP contribution is -1.97. The van der Waals surface area contributed by atoms with E-state index in [4.69, 9.17) is 13.6 Å². The standard InChI is InChI=1S/C14H12N4O4/c1-9-5-11(18(19)20)13(21-2)7-12(9)22-10-3-4-17-14(6-10)15-8-16-17/h3-8H,1-2H3/i2D3. The number of pyridine rings is 1. The molecule has 22 heavy (non-hydrogen) atoms. The van der Waals surface area contributed by atoms with E-state index < -0.39 is 23.4 Å². The van der Waals surface area contributed by atoms with Crippen LogP contribution in [0.2, 0.25) is 0 Å². The predicted molar refractivity (Wildman–Crippen MR) is 77.4 cm³/mol. The molecule has 0 aliphatic carbocycles. The van der Waals surface area contributed by atoms with E-state index in [1.807, 2.05) is 0 Å². The Labute approximate surface area is 129 Å². The van der Waals surface area contributed by atoms with Crippen LogP contribution in [0.5, 0.6) is 17.2 Å². The van der Waals surface area contributed by atoms with Gasteiger partial charge in [0, 0.05) is 24.4 Å². The van der Waals surface area contributed by atoms with Crippen molar-refractivity contribution in [3.05, 3.63) is 52.5 Å². The highest BCUT2D eigenvalue weighted by Crippen LogP contribution is 2.36. The van der Waals surface area contributed by atoms with Crippen LogP contribution in [0.4, 0.5) is 5.69 Å². The molecule has 0 fully saturated rings. The van der Waals surface area contributed by atoms with Gasteiger partial charge in [-0.3, -0.25) is 10.1 Å². The first-order valence-electron chi connectivity index (χ1n) is 7.68. The zero-order chi connectivity index (χ0) is 18.2. The van der Waals surface area contributed by atoms with Gasteiger partial charge < -0.3 is 9.47 Å². The number of hydrogen-bond acceptors (Lipinski definition) is 6. The van der Waals surface area contributed by atoms with Gasteiger partial charge >= 0.3 is 5.69 Å². The molecule has 112 valence electrons. The highest BCUT2D eigenvalue weighted by atomic mass is 16.6. The van der Waals surface area contributed by atoms with Crippen molar-refractivity contribution in [1.29, 1.82) is 0 Å². The summed E-state index contributed by atoms with van der Waals surface area (Å²) in [5.74, 6) is 0.250. The summed E-state index contributed by atoms with van der Waals surface area (Å²) in [5.41, 5.74) is 0.552. The van der Waals surface area contributed by atoms with Crippen molar-refractivity contribution in [3.8, 4) is 17.2 Å². The van der Waals surface area contributed by atoms with Crippen LogP contribution in [0.1, 0.15) is 9.68 Å². The van der Waals surface area contributed by atoms with Crippen molar-refractivity contribution in [1.82, 2.24) is 14.6 Å². The molecule has 8 heteroatoms. The maximum atomic E-state index is 11.1. The zero-order valence-corrected chi connectivity index (χ0v) is 11.4. The van der Waals surface area contributed by atoms with Gasteiger partial charge in [-0.25, -0.2) is 9.50 Å². The van der Waals surface area contributed by atoms with Gasteiger partial charge in [-0.05, 0) is 18.6 Å². The van der Waals surface area contributed by atoms with Crippen LogP contribution in [-0.4, -0.2) is 26.6 Å². The molecule has 8 nitrogen and oxygen atoms in total. The van der Waals surface area contributed by atoms with E-state index in [1.165, 1.54) is 18.5 Å². The van der Waals surface area contributed by atoms with Gasteiger partial charge in [-0.1, -0.05) is 0 Å². The van der Waals surface area contributed by atoms with Crippen LogP contribution in [-0.2, 0) is 0 Å². The highest BCUT2D eigenvalue weighted by molar-refractivity contribution is 5.55. The topological polar surface area (TPSA) is 91.8 Å². The quantitative estimate of drug-likeness (QED) is 0.543. The minimum absolute atomic E-state index is 0.230. The number of nitro groups is 1. The number of fused-ring (bicyclic) bond motifs is 1. The number of aromatic nitrogens is 3. The first kappa shape index (κ1) is 10.6. The summed E-state index contributed by atoms with van der Waals surface area (Å²) >= 11 is 0. The molecule has 1 aromatic carbocycles.